The van der Waals surface area contributed by atoms with E-state index in [1.54, 1.807) is 24.3 Å². The average Bonchev–Trinajstić information content (AvgIpc) is 2.81. The Bertz CT molecular complexity index is 645. The van der Waals surface area contributed by atoms with Crippen molar-refractivity contribution in [3.8, 4) is 5.75 Å². The van der Waals surface area contributed by atoms with E-state index in [2.05, 4.69) is 4.90 Å². The van der Waals surface area contributed by atoms with Gasteiger partial charge in [-0.05, 0) is 50.2 Å². The molecule has 0 saturated carbocycles. The molecule has 0 unspecified atom stereocenters. The average molecular weight is 356 g/mol. The normalized spacial score (nSPS) is 17.4. The molecule has 1 aromatic rings. The van der Waals surface area contributed by atoms with Crippen LogP contribution in [0.3, 0.4) is 0 Å². The maximum atomic E-state index is 12.7. The van der Waals surface area contributed by atoms with Crippen LogP contribution in [0.15, 0.2) is 29.2 Å². The number of rotatable bonds is 7. The fraction of sp³-hybridized carbons (Fsp3) is 0.562. The lowest BCUT2D eigenvalue weighted by Gasteiger charge is -2.21. The fourth-order valence-electron chi connectivity index (χ4n) is 2.76. The third-order valence-corrected chi connectivity index (χ3v) is 6.02. The number of aliphatic carboxylic acids is 1. The zero-order valence-corrected chi connectivity index (χ0v) is 14.7. The zero-order chi connectivity index (χ0) is 17.6. The van der Waals surface area contributed by atoms with Gasteiger partial charge in [-0.2, -0.15) is 4.31 Å². The Labute approximate surface area is 142 Å². The number of nitrogens with zero attached hydrogens (tertiary/aromatic N) is 2. The van der Waals surface area contributed by atoms with Crippen LogP contribution in [-0.4, -0.2) is 68.5 Å². The van der Waals surface area contributed by atoms with Crippen LogP contribution in [0.1, 0.15) is 19.3 Å². The quantitative estimate of drug-likeness (QED) is 0.791. The molecule has 0 amide bonds. The summed E-state index contributed by atoms with van der Waals surface area (Å²) in [7, 11) is -1.97. The predicted octanol–water partition coefficient (Wildman–Crippen LogP) is 1.26. The Hall–Kier alpha value is -1.64. The number of sulfonamides is 1. The van der Waals surface area contributed by atoms with Crippen LogP contribution in [0.5, 0.6) is 5.75 Å². The number of carboxylic acids is 1. The molecule has 1 heterocycles. The van der Waals surface area contributed by atoms with Gasteiger partial charge < -0.3 is 14.7 Å². The highest BCUT2D eigenvalue weighted by Crippen LogP contribution is 2.20. The highest BCUT2D eigenvalue weighted by Gasteiger charge is 2.26. The van der Waals surface area contributed by atoms with Crippen LogP contribution in [0.25, 0.3) is 0 Å². The first-order chi connectivity index (χ1) is 11.4. The van der Waals surface area contributed by atoms with Gasteiger partial charge in [-0.15, -0.1) is 0 Å². The SMILES string of the molecule is COc1ccc(S(=O)(=O)N2CCCN(CCCC(=O)O)CC2)cc1. The summed E-state index contributed by atoms with van der Waals surface area (Å²) in [5.41, 5.74) is 0. The van der Waals surface area contributed by atoms with Crippen LogP contribution in [-0.2, 0) is 14.8 Å². The second kappa shape index (κ2) is 8.46. The number of ether oxygens (including phenoxy) is 1. The minimum Gasteiger partial charge on any atom is -0.497 e. The van der Waals surface area contributed by atoms with Crippen LogP contribution in [0.4, 0.5) is 0 Å². The smallest absolute Gasteiger partial charge is 0.303 e. The maximum Gasteiger partial charge on any atom is 0.303 e. The number of benzene rings is 1. The molecule has 0 bridgehead atoms. The summed E-state index contributed by atoms with van der Waals surface area (Å²) in [6.45, 7) is 2.98. The Morgan fingerprint density at radius 1 is 1.17 bits per heavy atom. The predicted molar refractivity (Wildman–Crippen MR) is 89.7 cm³/mol. The van der Waals surface area contributed by atoms with E-state index in [0.29, 0.717) is 38.3 Å². The summed E-state index contributed by atoms with van der Waals surface area (Å²) in [6, 6.07) is 6.40. The molecular formula is C16H24N2O5S. The fourth-order valence-corrected chi connectivity index (χ4v) is 4.23. The van der Waals surface area contributed by atoms with E-state index in [4.69, 9.17) is 9.84 Å². The van der Waals surface area contributed by atoms with Gasteiger partial charge in [0, 0.05) is 26.1 Å². The van der Waals surface area contributed by atoms with Crippen LogP contribution < -0.4 is 4.74 Å². The van der Waals surface area contributed by atoms with Crippen molar-refractivity contribution in [3.63, 3.8) is 0 Å². The maximum absolute atomic E-state index is 12.7. The Kier molecular flexibility index (Phi) is 6.59. The Morgan fingerprint density at radius 3 is 2.50 bits per heavy atom. The number of methoxy groups -OCH3 is 1. The Morgan fingerprint density at radius 2 is 1.88 bits per heavy atom. The van der Waals surface area contributed by atoms with Crippen molar-refractivity contribution >= 4 is 16.0 Å². The van der Waals surface area contributed by atoms with Crippen molar-refractivity contribution < 1.29 is 23.1 Å². The third-order valence-electron chi connectivity index (χ3n) is 4.11. The first-order valence-electron chi connectivity index (χ1n) is 8.02. The minimum absolute atomic E-state index is 0.143. The second-order valence-electron chi connectivity index (χ2n) is 5.77. The molecule has 1 N–H and O–H groups in total. The summed E-state index contributed by atoms with van der Waals surface area (Å²) in [5.74, 6) is -0.178. The second-order valence-corrected chi connectivity index (χ2v) is 7.71. The third kappa shape index (κ3) is 4.93. The molecule has 1 aliphatic heterocycles. The van der Waals surface area contributed by atoms with Crippen LogP contribution in [0, 0.1) is 0 Å². The summed E-state index contributed by atoms with van der Waals surface area (Å²) in [6.07, 6.45) is 1.47. The van der Waals surface area contributed by atoms with Gasteiger partial charge in [-0.1, -0.05) is 0 Å². The van der Waals surface area contributed by atoms with E-state index < -0.39 is 16.0 Å². The molecule has 1 fully saturated rings. The number of hydrogen-bond donors (Lipinski definition) is 1. The molecule has 1 aromatic carbocycles. The molecule has 134 valence electrons. The lowest BCUT2D eigenvalue weighted by molar-refractivity contribution is -0.137. The van der Waals surface area contributed by atoms with Crippen molar-refractivity contribution in [1.29, 1.82) is 0 Å². The zero-order valence-electron chi connectivity index (χ0n) is 13.8. The summed E-state index contributed by atoms with van der Waals surface area (Å²) >= 11 is 0. The molecule has 0 aliphatic carbocycles. The largest absolute Gasteiger partial charge is 0.497 e. The first kappa shape index (κ1) is 18.7. The molecule has 0 aromatic heterocycles. The lowest BCUT2D eigenvalue weighted by atomic mass is 10.3. The minimum atomic E-state index is -3.51. The molecular weight excluding hydrogens is 332 g/mol. The van der Waals surface area contributed by atoms with E-state index in [1.165, 1.54) is 11.4 Å². The molecule has 0 radical (unpaired) electrons. The van der Waals surface area contributed by atoms with Crippen LogP contribution in [0.2, 0.25) is 0 Å². The first-order valence-corrected chi connectivity index (χ1v) is 9.46. The number of carbonyl (C=O) groups is 1. The van der Waals surface area contributed by atoms with Gasteiger partial charge in [0.2, 0.25) is 10.0 Å². The van der Waals surface area contributed by atoms with Crippen molar-refractivity contribution in [2.75, 3.05) is 39.8 Å². The monoisotopic (exact) mass is 356 g/mol. The molecule has 1 saturated heterocycles. The van der Waals surface area contributed by atoms with Gasteiger partial charge in [-0.3, -0.25) is 4.79 Å². The van der Waals surface area contributed by atoms with Gasteiger partial charge >= 0.3 is 5.97 Å². The molecule has 0 atom stereocenters. The van der Waals surface area contributed by atoms with Gasteiger partial charge in [0.1, 0.15) is 5.75 Å². The molecule has 2 rings (SSSR count). The van der Waals surface area contributed by atoms with Crippen molar-refractivity contribution in [2.45, 2.75) is 24.2 Å². The van der Waals surface area contributed by atoms with Crippen LogP contribution >= 0.6 is 0 Å². The van der Waals surface area contributed by atoms with E-state index in [0.717, 1.165) is 13.0 Å². The Balaban J connectivity index is 1.97. The highest BCUT2D eigenvalue weighted by molar-refractivity contribution is 7.89. The number of carboxylic acid groups (broad SMARTS) is 1. The van der Waals surface area contributed by atoms with Gasteiger partial charge in [-0.25, -0.2) is 8.42 Å². The topological polar surface area (TPSA) is 87.2 Å². The van der Waals surface area contributed by atoms with Crippen molar-refractivity contribution in [2.24, 2.45) is 0 Å². The van der Waals surface area contributed by atoms with E-state index >= 15 is 0 Å². The van der Waals surface area contributed by atoms with E-state index in [1.807, 2.05) is 0 Å². The van der Waals surface area contributed by atoms with Gasteiger partial charge in [0.15, 0.2) is 0 Å². The summed E-state index contributed by atoms with van der Waals surface area (Å²) < 4.78 is 32.0. The van der Waals surface area contributed by atoms with E-state index in [-0.39, 0.29) is 11.3 Å². The van der Waals surface area contributed by atoms with Crippen molar-refractivity contribution in [3.05, 3.63) is 24.3 Å². The molecule has 0 spiro atoms. The summed E-state index contributed by atoms with van der Waals surface area (Å²) in [4.78, 5) is 13.0. The standard InChI is InChI=1S/C16H24N2O5S/c1-23-14-5-7-15(8-6-14)24(21,22)18-11-3-10-17(12-13-18)9-2-4-16(19)20/h5-8H,2-4,9-13H2,1H3,(H,19,20). The molecule has 1 aliphatic rings. The molecule has 24 heavy (non-hydrogen) atoms. The highest BCUT2D eigenvalue weighted by atomic mass is 32.2. The van der Waals surface area contributed by atoms with Crippen molar-refractivity contribution in [1.82, 2.24) is 9.21 Å². The van der Waals surface area contributed by atoms with E-state index in [9.17, 15) is 13.2 Å². The lowest BCUT2D eigenvalue weighted by Crippen LogP contribution is -2.35. The molecule has 7 nitrogen and oxygen atoms in total. The van der Waals surface area contributed by atoms with Gasteiger partial charge in [0.05, 0.1) is 12.0 Å². The van der Waals surface area contributed by atoms with Gasteiger partial charge in [0.25, 0.3) is 0 Å². The number of hydrogen-bond acceptors (Lipinski definition) is 5. The summed E-state index contributed by atoms with van der Waals surface area (Å²) in [5, 5.41) is 8.70. The molecule has 8 heteroatoms.